The lowest BCUT2D eigenvalue weighted by atomic mass is 10.1. The Kier molecular flexibility index (Phi) is 5.08. The van der Waals surface area contributed by atoms with Gasteiger partial charge in [-0.25, -0.2) is 9.97 Å². The van der Waals surface area contributed by atoms with Crippen molar-refractivity contribution in [1.82, 2.24) is 19.9 Å². The number of aromatic nitrogens is 3. The molecule has 0 aliphatic heterocycles. The molecule has 5 nitrogen and oxygen atoms in total. The van der Waals surface area contributed by atoms with Crippen LogP contribution in [0.4, 0.5) is 0 Å². The first-order valence-electron chi connectivity index (χ1n) is 7.12. The van der Waals surface area contributed by atoms with Gasteiger partial charge in [-0.05, 0) is 19.1 Å². The summed E-state index contributed by atoms with van der Waals surface area (Å²) in [5.41, 5.74) is 1.04. The normalized spacial score (nSPS) is 12.3. The second kappa shape index (κ2) is 6.83. The Morgan fingerprint density at radius 1 is 1.23 bits per heavy atom. The molecule has 2 rings (SSSR count). The molecule has 2 aromatic heterocycles. The molecule has 0 spiro atoms. The predicted octanol–water partition coefficient (Wildman–Crippen LogP) is 3.48. The van der Waals surface area contributed by atoms with Crippen molar-refractivity contribution in [2.75, 3.05) is 7.05 Å². The quantitative estimate of drug-likeness (QED) is 0.866. The zero-order valence-electron chi connectivity index (χ0n) is 13.1. The van der Waals surface area contributed by atoms with Gasteiger partial charge in [0.05, 0.1) is 23.0 Å². The molecule has 1 amide bonds. The minimum absolute atomic E-state index is 0.127. The third-order valence-corrected chi connectivity index (χ3v) is 3.78. The molecule has 0 radical (unpaired) electrons. The van der Waals surface area contributed by atoms with E-state index in [1.165, 1.54) is 6.20 Å². The van der Waals surface area contributed by atoms with Gasteiger partial charge in [0.2, 0.25) is 0 Å². The summed E-state index contributed by atoms with van der Waals surface area (Å²) < 4.78 is 0. The van der Waals surface area contributed by atoms with Crippen molar-refractivity contribution in [2.24, 2.45) is 0 Å². The van der Waals surface area contributed by atoms with Gasteiger partial charge in [-0.2, -0.15) is 0 Å². The maximum atomic E-state index is 12.7. The van der Waals surface area contributed by atoms with Crippen LogP contribution in [-0.4, -0.2) is 32.8 Å². The lowest BCUT2D eigenvalue weighted by Gasteiger charge is -2.24. The van der Waals surface area contributed by atoms with Gasteiger partial charge >= 0.3 is 0 Å². The van der Waals surface area contributed by atoms with Gasteiger partial charge in [-0.3, -0.25) is 9.78 Å². The molecule has 0 aromatic carbocycles. The van der Waals surface area contributed by atoms with Crippen LogP contribution in [0.2, 0.25) is 5.02 Å². The fourth-order valence-corrected chi connectivity index (χ4v) is 2.15. The molecule has 116 valence electrons. The standard InChI is InChI=1S/C16H19ClN4O/c1-10(2)15-19-9-12(17)14(20-15)16(22)21(4)11(3)13-7-5-6-8-18-13/h5-11H,1-4H3. The number of amides is 1. The molecule has 2 aromatic rings. The molecule has 22 heavy (non-hydrogen) atoms. The molecule has 0 saturated carbocycles. The minimum atomic E-state index is -0.243. The molecule has 1 unspecified atom stereocenters. The van der Waals surface area contributed by atoms with Gasteiger partial charge in [0.1, 0.15) is 5.82 Å². The van der Waals surface area contributed by atoms with Crippen molar-refractivity contribution in [2.45, 2.75) is 32.7 Å². The molecule has 0 aliphatic carbocycles. The maximum Gasteiger partial charge on any atom is 0.274 e. The van der Waals surface area contributed by atoms with Crippen molar-refractivity contribution in [1.29, 1.82) is 0 Å². The molecule has 0 N–H and O–H groups in total. The van der Waals surface area contributed by atoms with Crippen LogP contribution in [0.1, 0.15) is 54.7 Å². The van der Waals surface area contributed by atoms with E-state index < -0.39 is 0 Å². The average Bonchev–Trinajstić information content (AvgIpc) is 2.53. The van der Waals surface area contributed by atoms with E-state index in [1.54, 1.807) is 18.1 Å². The van der Waals surface area contributed by atoms with Crippen LogP contribution in [0.15, 0.2) is 30.6 Å². The summed E-state index contributed by atoms with van der Waals surface area (Å²) in [7, 11) is 1.72. The SMILES string of the molecule is CC(C)c1ncc(Cl)c(C(=O)N(C)C(C)c2ccccn2)n1. The largest absolute Gasteiger partial charge is 0.332 e. The smallest absolute Gasteiger partial charge is 0.274 e. The van der Waals surface area contributed by atoms with Gasteiger partial charge < -0.3 is 4.90 Å². The molecular formula is C16H19ClN4O. The zero-order valence-corrected chi connectivity index (χ0v) is 13.9. The van der Waals surface area contributed by atoms with Crippen LogP contribution in [0.3, 0.4) is 0 Å². The third-order valence-electron chi connectivity index (χ3n) is 3.50. The van der Waals surface area contributed by atoms with Crippen LogP contribution >= 0.6 is 11.6 Å². The Morgan fingerprint density at radius 3 is 2.55 bits per heavy atom. The van der Waals surface area contributed by atoms with E-state index in [9.17, 15) is 4.79 Å². The van der Waals surface area contributed by atoms with E-state index in [0.29, 0.717) is 5.82 Å². The van der Waals surface area contributed by atoms with Gasteiger partial charge in [0.15, 0.2) is 5.69 Å². The van der Waals surface area contributed by atoms with Gasteiger partial charge in [0, 0.05) is 19.2 Å². The average molecular weight is 319 g/mol. The topological polar surface area (TPSA) is 59.0 Å². The van der Waals surface area contributed by atoms with E-state index in [4.69, 9.17) is 11.6 Å². The van der Waals surface area contributed by atoms with Crippen molar-refractivity contribution in [3.8, 4) is 0 Å². The summed E-state index contributed by atoms with van der Waals surface area (Å²) in [5, 5.41) is 0.259. The Labute approximate surface area is 135 Å². The Morgan fingerprint density at radius 2 is 1.95 bits per heavy atom. The lowest BCUT2D eigenvalue weighted by molar-refractivity contribution is 0.0733. The summed E-state index contributed by atoms with van der Waals surface area (Å²) in [4.78, 5) is 27.0. The fraction of sp³-hybridized carbons (Fsp3) is 0.375. The minimum Gasteiger partial charge on any atom is -0.332 e. The Hall–Kier alpha value is -2.01. The second-order valence-corrected chi connectivity index (χ2v) is 5.83. The summed E-state index contributed by atoms with van der Waals surface area (Å²) in [5.74, 6) is 0.487. The molecule has 2 heterocycles. The van der Waals surface area contributed by atoms with E-state index >= 15 is 0 Å². The molecule has 6 heteroatoms. The van der Waals surface area contributed by atoms with Gasteiger partial charge in [0.25, 0.3) is 5.91 Å². The molecular weight excluding hydrogens is 300 g/mol. The van der Waals surface area contributed by atoms with E-state index in [2.05, 4.69) is 15.0 Å². The van der Waals surface area contributed by atoms with Crippen LogP contribution < -0.4 is 0 Å². The molecule has 0 saturated heterocycles. The Balaban J connectivity index is 2.29. The first-order valence-corrected chi connectivity index (χ1v) is 7.50. The fourth-order valence-electron chi connectivity index (χ4n) is 1.97. The monoisotopic (exact) mass is 318 g/mol. The van der Waals surface area contributed by atoms with E-state index in [0.717, 1.165) is 5.69 Å². The number of pyridine rings is 1. The number of carbonyl (C=O) groups excluding carboxylic acids is 1. The van der Waals surface area contributed by atoms with Crippen LogP contribution in [0.25, 0.3) is 0 Å². The van der Waals surface area contributed by atoms with E-state index in [-0.39, 0.29) is 28.6 Å². The number of rotatable bonds is 4. The van der Waals surface area contributed by atoms with E-state index in [1.807, 2.05) is 39.0 Å². The zero-order chi connectivity index (χ0) is 16.3. The summed E-state index contributed by atoms with van der Waals surface area (Å²) in [6.07, 6.45) is 3.19. The third kappa shape index (κ3) is 3.42. The first kappa shape index (κ1) is 16.4. The molecule has 0 bridgehead atoms. The Bertz CT molecular complexity index is 660. The predicted molar refractivity (Wildman–Crippen MR) is 85.9 cm³/mol. The lowest BCUT2D eigenvalue weighted by Crippen LogP contribution is -2.31. The van der Waals surface area contributed by atoms with Crippen molar-refractivity contribution >= 4 is 17.5 Å². The van der Waals surface area contributed by atoms with Crippen LogP contribution in [0.5, 0.6) is 0 Å². The highest BCUT2D eigenvalue weighted by Crippen LogP contribution is 2.22. The highest BCUT2D eigenvalue weighted by Gasteiger charge is 2.24. The maximum absolute atomic E-state index is 12.7. The van der Waals surface area contributed by atoms with Gasteiger partial charge in [-0.1, -0.05) is 31.5 Å². The van der Waals surface area contributed by atoms with Crippen molar-refractivity contribution in [3.63, 3.8) is 0 Å². The number of nitrogens with zero attached hydrogens (tertiary/aromatic N) is 4. The summed E-state index contributed by atoms with van der Waals surface area (Å²) in [6, 6.07) is 5.44. The van der Waals surface area contributed by atoms with Crippen molar-refractivity contribution < 1.29 is 4.79 Å². The second-order valence-electron chi connectivity index (χ2n) is 5.43. The summed E-state index contributed by atoms with van der Waals surface area (Å²) >= 11 is 6.10. The van der Waals surface area contributed by atoms with Gasteiger partial charge in [-0.15, -0.1) is 0 Å². The molecule has 0 fully saturated rings. The number of hydrogen-bond acceptors (Lipinski definition) is 4. The first-order chi connectivity index (χ1) is 10.4. The highest BCUT2D eigenvalue weighted by atomic mass is 35.5. The number of hydrogen-bond donors (Lipinski definition) is 0. The van der Waals surface area contributed by atoms with Crippen molar-refractivity contribution in [3.05, 3.63) is 52.8 Å². The van der Waals surface area contributed by atoms with Crippen LogP contribution in [0, 0.1) is 0 Å². The molecule has 0 aliphatic rings. The number of carbonyl (C=O) groups is 1. The highest BCUT2D eigenvalue weighted by molar-refractivity contribution is 6.33. The summed E-state index contributed by atoms with van der Waals surface area (Å²) in [6.45, 7) is 5.86. The number of halogens is 1. The molecule has 1 atom stereocenters. The van der Waals surface area contributed by atoms with Crippen LogP contribution in [-0.2, 0) is 0 Å².